The second-order valence-corrected chi connectivity index (χ2v) is 7.22. The number of benzene rings is 2. The third-order valence-corrected chi connectivity index (χ3v) is 5.16. The van der Waals surface area contributed by atoms with Gasteiger partial charge in [0, 0.05) is 31.8 Å². The number of nitrogens with one attached hydrogen (secondary N) is 2. The van der Waals surface area contributed by atoms with Crippen LogP contribution in [0.25, 0.3) is 0 Å². The van der Waals surface area contributed by atoms with Gasteiger partial charge in [-0.2, -0.15) is 0 Å². The van der Waals surface area contributed by atoms with Crippen molar-refractivity contribution in [2.24, 2.45) is 0 Å². The molecule has 0 aliphatic carbocycles. The SMILES string of the molecule is COc1ccc(CCNC(=O)NCCCN2C(=O)c3ccc([N+](=O)[O-])cc3C2=O)cc1OC. The number of urea groups is 1. The van der Waals surface area contributed by atoms with Crippen molar-refractivity contribution in [3.8, 4) is 11.5 Å². The second kappa shape index (κ2) is 10.4. The molecule has 4 amide bonds. The molecule has 0 fully saturated rings. The number of imide groups is 1. The highest BCUT2D eigenvalue weighted by Gasteiger charge is 2.36. The molecule has 1 aliphatic heterocycles. The molecule has 11 nitrogen and oxygen atoms in total. The fourth-order valence-corrected chi connectivity index (χ4v) is 3.45. The van der Waals surface area contributed by atoms with E-state index in [4.69, 9.17) is 9.47 Å². The van der Waals surface area contributed by atoms with Crippen molar-refractivity contribution in [1.29, 1.82) is 0 Å². The lowest BCUT2D eigenvalue weighted by atomic mass is 10.1. The lowest BCUT2D eigenvalue weighted by molar-refractivity contribution is -0.384. The number of non-ortho nitro benzene ring substituents is 1. The summed E-state index contributed by atoms with van der Waals surface area (Å²) in [5.41, 5.74) is 0.892. The third-order valence-electron chi connectivity index (χ3n) is 5.16. The van der Waals surface area contributed by atoms with E-state index in [-0.39, 0.29) is 35.9 Å². The highest BCUT2D eigenvalue weighted by Crippen LogP contribution is 2.28. The van der Waals surface area contributed by atoms with E-state index in [2.05, 4.69) is 10.6 Å². The number of amides is 4. The standard InChI is InChI=1S/C22H24N4O7/c1-32-18-7-4-14(12-19(18)33-2)8-10-24-22(29)23-9-3-11-25-20(27)16-6-5-15(26(30)31)13-17(16)21(25)28/h4-7,12-13H,3,8-11H2,1-2H3,(H2,23,24,29). The van der Waals surface area contributed by atoms with Crippen LogP contribution in [0, 0.1) is 10.1 Å². The van der Waals surface area contributed by atoms with Gasteiger partial charge in [-0.3, -0.25) is 24.6 Å². The van der Waals surface area contributed by atoms with Crippen LogP contribution >= 0.6 is 0 Å². The molecule has 0 aromatic heterocycles. The lowest BCUT2D eigenvalue weighted by Gasteiger charge is -2.14. The number of fused-ring (bicyclic) bond motifs is 1. The molecule has 0 saturated carbocycles. The van der Waals surface area contributed by atoms with Crippen molar-refractivity contribution in [2.45, 2.75) is 12.8 Å². The molecule has 0 bridgehead atoms. The van der Waals surface area contributed by atoms with E-state index in [9.17, 15) is 24.5 Å². The molecule has 2 aromatic rings. The summed E-state index contributed by atoms with van der Waals surface area (Å²) in [4.78, 5) is 48.1. The van der Waals surface area contributed by atoms with E-state index >= 15 is 0 Å². The molecule has 174 valence electrons. The number of hydrogen-bond donors (Lipinski definition) is 2. The summed E-state index contributed by atoms with van der Waals surface area (Å²) in [6, 6.07) is 8.76. The van der Waals surface area contributed by atoms with Gasteiger partial charge in [0.25, 0.3) is 17.5 Å². The largest absolute Gasteiger partial charge is 0.493 e. The second-order valence-electron chi connectivity index (χ2n) is 7.22. The number of nitro groups is 1. The lowest BCUT2D eigenvalue weighted by Crippen LogP contribution is -2.38. The van der Waals surface area contributed by atoms with Gasteiger partial charge < -0.3 is 20.1 Å². The first-order chi connectivity index (χ1) is 15.8. The summed E-state index contributed by atoms with van der Waals surface area (Å²) in [5, 5.41) is 16.3. The van der Waals surface area contributed by atoms with E-state index in [1.54, 1.807) is 20.3 Å². The van der Waals surface area contributed by atoms with Crippen LogP contribution in [0.15, 0.2) is 36.4 Å². The maximum atomic E-state index is 12.4. The fourth-order valence-electron chi connectivity index (χ4n) is 3.45. The van der Waals surface area contributed by atoms with Crippen LogP contribution in [-0.2, 0) is 6.42 Å². The number of nitro benzene ring substituents is 1. The topological polar surface area (TPSA) is 140 Å². The molecule has 0 spiro atoms. The van der Waals surface area contributed by atoms with Crippen molar-refractivity contribution in [3.63, 3.8) is 0 Å². The highest BCUT2D eigenvalue weighted by atomic mass is 16.6. The van der Waals surface area contributed by atoms with Gasteiger partial charge in [0.2, 0.25) is 0 Å². The van der Waals surface area contributed by atoms with Crippen LogP contribution in [0.4, 0.5) is 10.5 Å². The molecular weight excluding hydrogens is 432 g/mol. The van der Waals surface area contributed by atoms with Crippen LogP contribution in [0.1, 0.15) is 32.7 Å². The first-order valence-electron chi connectivity index (χ1n) is 10.2. The van der Waals surface area contributed by atoms with Crippen LogP contribution < -0.4 is 20.1 Å². The maximum Gasteiger partial charge on any atom is 0.314 e. The zero-order chi connectivity index (χ0) is 24.0. The number of nitrogens with zero attached hydrogens (tertiary/aromatic N) is 2. The minimum absolute atomic E-state index is 0.0232. The van der Waals surface area contributed by atoms with Gasteiger partial charge in [0.05, 0.1) is 30.3 Å². The van der Waals surface area contributed by atoms with Gasteiger partial charge in [-0.05, 0) is 36.6 Å². The predicted octanol–water partition coefficient (Wildman–Crippen LogP) is 2.14. The minimum atomic E-state index is -0.617. The summed E-state index contributed by atoms with van der Waals surface area (Å²) < 4.78 is 10.5. The molecular formula is C22H24N4O7. The van der Waals surface area contributed by atoms with Crippen LogP contribution in [0.5, 0.6) is 11.5 Å². The minimum Gasteiger partial charge on any atom is -0.493 e. The summed E-state index contributed by atoms with van der Waals surface area (Å²) in [7, 11) is 3.11. The molecule has 0 atom stereocenters. The van der Waals surface area contributed by atoms with Crippen molar-refractivity contribution in [1.82, 2.24) is 15.5 Å². The summed E-state index contributed by atoms with van der Waals surface area (Å²) in [6.45, 7) is 0.736. The van der Waals surface area contributed by atoms with E-state index < -0.39 is 16.7 Å². The monoisotopic (exact) mass is 456 g/mol. The fraction of sp³-hybridized carbons (Fsp3) is 0.318. The number of rotatable bonds is 10. The Morgan fingerprint density at radius 3 is 2.36 bits per heavy atom. The van der Waals surface area contributed by atoms with Crippen LogP contribution in [0.3, 0.4) is 0 Å². The number of methoxy groups -OCH3 is 2. The Kier molecular flexibility index (Phi) is 7.44. The molecule has 11 heteroatoms. The third kappa shape index (κ3) is 5.37. The Morgan fingerprint density at radius 2 is 1.67 bits per heavy atom. The number of carbonyl (C=O) groups excluding carboxylic acids is 3. The molecule has 1 aliphatic rings. The molecule has 2 aromatic carbocycles. The zero-order valence-electron chi connectivity index (χ0n) is 18.3. The van der Waals surface area contributed by atoms with Gasteiger partial charge in [-0.1, -0.05) is 6.07 Å². The van der Waals surface area contributed by atoms with Gasteiger partial charge in [-0.25, -0.2) is 4.79 Å². The van der Waals surface area contributed by atoms with Crippen molar-refractivity contribution >= 4 is 23.5 Å². The molecule has 0 radical (unpaired) electrons. The average Bonchev–Trinajstić information content (AvgIpc) is 3.05. The Balaban J connectivity index is 1.40. The Morgan fingerprint density at radius 1 is 0.970 bits per heavy atom. The highest BCUT2D eigenvalue weighted by molar-refractivity contribution is 6.21. The number of hydrogen-bond acceptors (Lipinski definition) is 7. The summed E-state index contributed by atoms with van der Waals surface area (Å²) in [5.74, 6) is 0.174. The van der Waals surface area contributed by atoms with Crippen molar-refractivity contribution in [3.05, 3.63) is 63.2 Å². The molecule has 33 heavy (non-hydrogen) atoms. The van der Waals surface area contributed by atoms with Crippen molar-refractivity contribution < 1.29 is 28.8 Å². The van der Waals surface area contributed by atoms with Crippen molar-refractivity contribution in [2.75, 3.05) is 33.9 Å². The Labute approximate surface area is 189 Å². The molecule has 0 saturated heterocycles. The van der Waals surface area contributed by atoms with Gasteiger partial charge in [0.1, 0.15) is 0 Å². The molecule has 2 N–H and O–H groups in total. The van der Waals surface area contributed by atoms with Crippen LogP contribution in [-0.4, -0.2) is 61.5 Å². The number of ether oxygens (including phenoxy) is 2. The first kappa shape index (κ1) is 23.5. The van der Waals surface area contributed by atoms with Gasteiger partial charge in [-0.15, -0.1) is 0 Å². The van der Waals surface area contributed by atoms with E-state index in [0.29, 0.717) is 30.9 Å². The smallest absolute Gasteiger partial charge is 0.314 e. The zero-order valence-corrected chi connectivity index (χ0v) is 18.3. The maximum absolute atomic E-state index is 12.4. The average molecular weight is 456 g/mol. The summed E-state index contributed by atoms with van der Waals surface area (Å²) >= 11 is 0. The van der Waals surface area contributed by atoms with E-state index in [1.165, 1.54) is 12.1 Å². The van der Waals surface area contributed by atoms with Gasteiger partial charge >= 0.3 is 6.03 Å². The number of carbonyl (C=O) groups is 3. The molecule has 0 unspecified atom stereocenters. The Bertz CT molecular complexity index is 1090. The van der Waals surface area contributed by atoms with Crippen LogP contribution in [0.2, 0.25) is 0 Å². The van der Waals surface area contributed by atoms with Gasteiger partial charge in [0.15, 0.2) is 11.5 Å². The van der Waals surface area contributed by atoms with E-state index in [1.807, 2.05) is 12.1 Å². The predicted molar refractivity (Wildman–Crippen MR) is 118 cm³/mol. The summed E-state index contributed by atoms with van der Waals surface area (Å²) in [6.07, 6.45) is 0.936. The Hall–Kier alpha value is -4.15. The normalized spacial score (nSPS) is 12.4. The van der Waals surface area contributed by atoms with E-state index in [0.717, 1.165) is 16.5 Å². The quantitative estimate of drug-likeness (QED) is 0.242. The molecule has 3 rings (SSSR count). The molecule has 1 heterocycles. The first-order valence-corrected chi connectivity index (χ1v) is 10.2.